The minimum Gasteiger partial charge on any atom is -0.378 e. The minimum absolute atomic E-state index is 0.590. The summed E-state index contributed by atoms with van der Waals surface area (Å²) in [7, 11) is 0. The molecule has 0 atom stereocenters. The van der Waals surface area contributed by atoms with Crippen LogP contribution in [0.4, 0.5) is 0 Å². The van der Waals surface area contributed by atoms with Crippen molar-refractivity contribution >= 4 is 0 Å². The smallest absolute Gasteiger partial charge is 0.108 e. The summed E-state index contributed by atoms with van der Waals surface area (Å²) in [4.78, 5) is 4.34. The van der Waals surface area contributed by atoms with E-state index in [2.05, 4.69) is 16.5 Å². The van der Waals surface area contributed by atoms with E-state index in [0.717, 1.165) is 18.8 Å². The second-order valence-corrected chi connectivity index (χ2v) is 3.54. The lowest BCUT2D eigenvalue weighted by Gasteiger charge is -2.07. The van der Waals surface area contributed by atoms with E-state index in [1.54, 1.807) is 0 Å². The largest absolute Gasteiger partial charge is 0.378 e. The van der Waals surface area contributed by atoms with Crippen LogP contribution in [0.3, 0.4) is 0 Å². The maximum absolute atomic E-state index is 5.34. The first kappa shape index (κ1) is 12.2. The zero-order chi connectivity index (χ0) is 10.9. The van der Waals surface area contributed by atoms with E-state index in [0.29, 0.717) is 19.8 Å². The predicted molar refractivity (Wildman–Crippen MR) is 60.7 cm³/mol. The van der Waals surface area contributed by atoms with E-state index in [9.17, 15) is 0 Å². The maximum atomic E-state index is 5.34. The lowest BCUT2D eigenvalue weighted by atomic mass is 10.2. The van der Waals surface area contributed by atoms with Crippen LogP contribution in [0.25, 0.3) is 0 Å². The first-order valence-electron chi connectivity index (χ1n) is 5.66. The summed E-state index contributed by atoms with van der Waals surface area (Å²) in [6.07, 6.45) is 7.32. The van der Waals surface area contributed by atoms with Crippen molar-refractivity contribution in [2.75, 3.05) is 19.8 Å². The third kappa shape index (κ3) is 4.44. The number of rotatable bonds is 8. The highest BCUT2D eigenvalue weighted by Crippen LogP contribution is 2.03. The molecule has 1 aromatic heterocycles. The Bertz CT molecular complexity index is 260. The van der Waals surface area contributed by atoms with E-state index in [-0.39, 0.29) is 0 Å². The second kappa shape index (κ2) is 7.43. The minimum atomic E-state index is 0.590. The van der Waals surface area contributed by atoms with Gasteiger partial charge >= 0.3 is 0 Å². The van der Waals surface area contributed by atoms with Gasteiger partial charge in [-0.15, -0.1) is 0 Å². The Balaban J connectivity index is 2.29. The van der Waals surface area contributed by atoms with E-state index in [1.165, 1.54) is 12.8 Å². The Morgan fingerprint density at radius 3 is 3.07 bits per heavy atom. The highest BCUT2D eigenvalue weighted by atomic mass is 16.5. The number of imidazole rings is 1. The average Bonchev–Trinajstić information content (AvgIpc) is 2.69. The molecule has 0 fully saturated rings. The quantitative estimate of drug-likeness (QED) is 0.657. The molecule has 0 aromatic carbocycles. The summed E-state index contributed by atoms with van der Waals surface area (Å²) in [6, 6.07) is 0. The van der Waals surface area contributed by atoms with Gasteiger partial charge in [-0.05, 0) is 6.42 Å². The molecule has 4 nitrogen and oxygen atoms in total. The first-order chi connectivity index (χ1) is 7.38. The molecule has 86 valence electrons. The number of aryl methyl sites for hydroxylation is 1. The second-order valence-electron chi connectivity index (χ2n) is 3.54. The Hall–Kier alpha value is -0.870. The van der Waals surface area contributed by atoms with Gasteiger partial charge in [0.15, 0.2) is 0 Å². The summed E-state index contributed by atoms with van der Waals surface area (Å²) in [5, 5.41) is 0. The highest BCUT2D eigenvalue weighted by molar-refractivity contribution is 4.92. The molecule has 0 saturated heterocycles. The lowest BCUT2D eigenvalue weighted by Crippen LogP contribution is -2.13. The van der Waals surface area contributed by atoms with Crippen LogP contribution in [0, 0.1) is 0 Å². The molecule has 1 aromatic rings. The topological polar surface area (TPSA) is 53.1 Å². The van der Waals surface area contributed by atoms with Crippen LogP contribution in [0.2, 0.25) is 0 Å². The Kier molecular flexibility index (Phi) is 6.04. The van der Waals surface area contributed by atoms with E-state index in [1.807, 2.05) is 12.4 Å². The zero-order valence-electron chi connectivity index (χ0n) is 9.48. The van der Waals surface area contributed by atoms with Crippen LogP contribution < -0.4 is 5.73 Å². The van der Waals surface area contributed by atoms with Crippen LogP contribution in [-0.2, 0) is 17.7 Å². The van der Waals surface area contributed by atoms with Crippen LogP contribution in [0.15, 0.2) is 12.4 Å². The molecule has 0 radical (unpaired) electrons. The van der Waals surface area contributed by atoms with Crippen LogP contribution in [0.1, 0.15) is 25.6 Å². The number of nitrogens with zero attached hydrogens (tertiary/aromatic N) is 2. The third-order valence-electron chi connectivity index (χ3n) is 2.29. The summed E-state index contributed by atoms with van der Waals surface area (Å²) < 4.78 is 7.50. The van der Waals surface area contributed by atoms with Gasteiger partial charge < -0.3 is 15.0 Å². The van der Waals surface area contributed by atoms with Crippen LogP contribution in [-0.4, -0.2) is 29.3 Å². The fraction of sp³-hybridized carbons (Fsp3) is 0.727. The monoisotopic (exact) mass is 211 g/mol. The van der Waals surface area contributed by atoms with Gasteiger partial charge in [0.25, 0.3) is 0 Å². The molecule has 2 N–H and O–H groups in total. The summed E-state index contributed by atoms with van der Waals surface area (Å²) >= 11 is 0. The maximum Gasteiger partial charge on any atom is 0.108 e. The van der Waals surface area contributed by atoms with Gasteiger partial charge in [-0.25, -0.2) is 4.98 Å². The molecule has 1 rings (SSSR count). The molecule has 0 amide bonds. The standard InChI is InChI=1S/C11H21N3O/c1-2-3-4-11-13-6-7-14(11)8-10-15-9-5-12/h6-7H,2-5,8-10,12H2,1H3. The van der Waals surface area contributed by atoms with Crippen LogP contribution >= 0.6 is 0 Å². The zero-order valence-corrected chi connectivity index (χ0v) is 9.48. The fourth-order valence-electron chi connectivity index (χ4n) is 1.45. The number of nitrogens with two attached hydrogens (primary N) is 1. The van der Waals surface area contributed by atoms with E-state index in [4.69, 9.17) is 10.5 Å². The Morgan fingerprint density at radius 1 is 1.47 bits per heavy atom. The molecule has 4 heteroatoms. The van der Waals surface area contributed by atoms with Crippen molar-refractivity contribution < 1.29 is 4.74 Å². The molecule has 0 spiro atoms. The number of hydrogen-bond acceptors (Lipinski definition) is 3. The molecule has 0 bridgehead atoms. The third-order valence-corrected chi connectivity index (χ3v) is 2.29. The number of ether oxygens (including phenoxy) is 1. The SMILES string of the molecule is CCCCc1nccn1CCOCCN. The van der Waals surface area contributed by atoms with Crippen molar-refractivity contribution in [1.82, 2.24) is 9.55 Å². The van der Waals surface area contributed by atoms with Gasteiger partial charge in [0.2, 0.25) is 0 Å². The summed E-state index contributed by atoms with van der Waals surface area (Å²) in [5.41, 5.74) is 5.34. The van der Waals surface area contributed by atoms with E-state index >= 15 is 0 Å². The molecule has 15 heavy (non-hydrogen) atoms. The molecular weight excluding hydrogens is 190 g/mol. The molecule has 0 aliphatic carbocycles. The van der Waals surface area contributed by atoms with Crippen molar-refractivity contribution in [3.05, 3.63) is 18.2 Å². The van der Waals surface area contributed by atoms with Crippen molar-refractivity contribution in [2.45, 2.75) is 32.7 Å². The highest BCUT2D eigenvalue weighted by Gasteiger charge is 2.01. The van der Waals surface area contributed by atoms with Gasteiger partial charge in [-0.2, -0.15) is 0 Å². The van der Waals surface area contributed by atoms with Crippen LogP contribution in [0.5, 0.6) is 0 Å². The van der Waals surface area contributed by atoms with Crippen molar-refractivity contribution in [3.63, 3.8) is 0 Å². The fourth-order valence-corrected chi connectivity index (χ4v) is 1.45. The lowest BCUT2D eigenvalue weighted by molar-refractivity contribution is 0.132. The van der Waals surface area contributed by atoms with Gasteiger partial charge in [0.1, 0.15) is 5.82 Å². The number of aromatic nitrogens is 2. The summed E-state index contributed by atoms with van der Waals surface area (Å²) in [6.45, 7) is 5.01. The molecule has 0 aliphatic rings. The van der Waals surface area contributed by atoms with Gasteiger partial charge in [0, 0.05) is 31.9 Å². The van der Waals surface area contributed by atoms with Gasteiger partial charge in [-0.3, -0.25) is 0 Å². The normalized spacial score (nSPS) is 10.8. The average molecular weight is 211 g/mol. The first-order valence-corrected chi connectivity index (χ1v) is 5.66. The molecular formula is C11H21N3O. The van der Waals surface area contributed by atoms with E-state index < -0.39 is 0 Å². The molecule has 0 saturated carbocycles. The Labute approximate surface area is 91.4 Å². The van der Waals surface area contributed by atoms with Gasteiger partial charge in [0.05, 0.1) is 13.2 Å². The van der Waals surface area contributed by atoms with Crippen molar-refractivity contribution in [3.8, 4) is 0 Å². The molecule has 0 aliphatic heterocycles. The summed E-state index contributed by atoms with van der Waals surface area (Å²) in [5.74, 6) is 1.16. The molecule has 1 heterocycles. The predicted octanol–water partition coefficient (Wildman–Crippen LogP) is 1.20. The van der Waals surface area contributed by atoms with Crippen molar-refractivity contribution in [1.29, 1.82) is 0 Å². The molecule has 0 unspecified atom stereocenters. The number of unbranched alkanes of at least 4 members (excludes halogenated alkanes) is 1. The van der Waals surface area contributed by atoms with Gasteiger partial charge in [-0.1, -0.05) is 13.3 Å². The van der Waals surface area contributed by atoms with Crippen molar-refractivity contribution in [2.24, 2.45) is 5.73 Å². The Morgan fingerprint density at radius 2 is 2.33 bits per heavy atom. The number of hydrogen-bond donors (Lipinski definition) is 1.